The van der Waals surface area contributed by atoms with Gasteiger partial charge >= 0.3 is 0 Å². The molecule has 0 unspecified atom stereocenters. The number of nitrogens with one attached hydrogen (secondary N) is 1. The molecule has 1 aromatic carbocycles. The van der Waals surface area contributed by atoms with E-state index >= 15 is 0 Å². The molecule has 9 nitrogen and oxygen atoms in total. The average molecular weight is 445 g/mol. The molecule has 0 radical (unpaired) electrons. The SMILES string of the molecule is CC/C=C/[C@H](OC)[C@H](O)C1=C(C)C(=O)[C@]2(O1)C(=O)N[C@@](OC)(C(=O)c1ccccc1)[C@@H]2O. The number of allylic oxidation sites excluding steroid dienone is 1. The summed E-state index contributed by atoms with van der Waals surface area (Å²) in [6.07, 6.45) is -0.248. The van der Waals surface area contributed by atoms with Gasteiger partial charge in [0, 0.05) is 25.4 Å². The number of benzene rings is 1. The van der Waals surface area contributed by atoms with Gasteiger partial charge in [-0.25, -0.2) is 0 Å². The Hall–Kier alpha value is -2.85. The van der Waals surface area contributed by atoms with Gasteiger partial charge in [-0.05, 0) is 13.3 Å². The molecule has 0 aromatic heterocycles. The number of carbonyl (C=O) groups is 3. The molecule has 1 saturated heterocycles. The maximum absolute atomic E-state index is 13.2. The van der Waals surface area contributed by atoms with Crippen LogP contribution in [0.1, 0.15) is 30.6 Å². The number of carbonyl (C=O) groups excluding carboxylic acids is 3. The summed E-state index contributed by atoms with van der Waals surface area (Å²) in [4.78, 5) is 39.5. The van der Waals surface area contributed by atoms with E-state index in [1.165, 1.54) is 26.2 Å². The van der Waals surface area contributed by atoms with Crippen molar-refractivity contribution in [2.24, 2.45) is 0 Å². The molecule has 32 heavy (non-hydrogen) atoms. The maximum Gasteiger partial charge on any atom is 0.278 e. The predicted molar refractivity (Wildman–Crippen MR) is 112 cm³/mol. The van der Waals surface area contributed by atoms with E-state index in [0.717, 1.165) is 7.11 Å². The van der Waals surface area contributed by atoms with Crippen LogP contribution in [-0.4, -0.2) is 71.5 Å². The molecule has 9 heteroatoms. The van der Waals surface area contributed by atoms with Crippen LogP contribution in [0.2, 0.25) is 0 Å². The van der Waals surface area contributed by atoms with Crippen molar-refractivity contribution < 1.29 is 38.8 Å². The Balaban J connectivity index is 2.00. The number of aliphatic hydroxyl groups is 2. The quantitative estimate of drug-likeness (QED) is 0.302. The first kappa shape index (κ1) is 23.8. The third kappa shape index (κ3) is 3.38. The van der Waals surface area contributed by atoms with E-state index in [9.17, 15) is 24.6 Å². The fourth-order valence-electron chi connectivity index (χ4n) is 4.01. The first-order valence-electron chi connectivity index (χ1n) is 10.2. The monoisotopic (exact) mass is 445 g/mol. The van der Waals surface area contributed by atoms with Gasteiger partial charge in [-0.1, -0.05) is 49.4 Å². The van der Waals surface area contributed by atoms with E-state index < -0.39 is 47.1 Å². The second-order valence-electron chi connectivity index (χ2n) is 7.63. The maximum atomic E-state index is 13.2. The highest BCUT2D eigenvalue weighted by Gasteiger charge is 2.74. The lowest BCUT2D eigenvalue weighted by Crippen LogP contribution is -2.60. The first-order chi connectivity index (χ1) is 15.2. The fourth-order valence-corrected chi connectivity index (χ4v) is 4.01. The summed E-state index contributed by atoms with van der Waals surface area (Å²) in [5.41, 5.74) is -4.63. The minimum absolute atomic E-state index is 0.0577. The van der Waals surface area contributed by atoms with Crippen molar-refractivity contribution in [2.75, 3.05) is 14.2 Å². The third-order valence-electron chi connectivity index (χ3n) is 5.83. The zero-order chi connectivity index (χ0) is 23.7. The van der Waals surface area contributed by atoms with Crippen molar-refractivity contribution in [3.05, 3.63) is 59.4 Å². The van der Waals surface area contributed by atoms with Gasteiger partial charge in [0.15, 0.2) is 6.10 Å². The molecule has 172 valence electrons. The molecule has 0 aliphatic carbocycles. The smallest absolute Gasteiger partial charge is 0.278 e. The Morgan fingerprint density at radius 1 is 1.28 bits per heavy atom. The van der Waals surface area contributed by atoms with Crippen LogP contribution in [0.4, 0.5) is 0 Å². The summed E-state index contributed by atoms with van der Waals surface area (Å²) in [6, 6.07) is 7.91. The van der Waals surface area contributed by atoms with Crippen molar-refractivity contribution in [1.82, 2.24) is 5.32 Å². The summed E-state index contributed by atoms with van der Waals surface area (Å²) in [5, 5.41) is 24.3. The van der Waals surface area contributed by atoms with Gasteiger partial charge in [0.05, 0.1) is 0 Å². The zero-order valence-corrected chi connectivity index (χ0v) is 18.3. The van der Waals surface area contributed by atoms with E-state index in [0.29, 0.717) is 6.42 Å². The van der Waals surface area contributed by atoms with Crippen molar-refractivity contribution in [3.63, 3.8) is 0 Å². The second-order valence-corrected chi connectivity index (χ2v) is 7.63. The summed E-state index contributed by atoms with van der Waals surface area (Å²) in [7, 11) is 2.51. The Labute approximate surface area is 185 Å². The van der Waals surface area contributed by atoms with E-state index in [-0.39, 0.29) is 16.9 Å². The van der Waals surface area contributed by atoms with E-state index in [4.69, 9.17) is 14.2 Å². The minimum atomic E-state index is -2.48. The van der Waals surface area contributed by atoms with Gasteiger partial charge in [-0.2, -0.15) is 0 Å². The Morgan fingerprint density at radius 3 is 2.50 bits per heavy atom. The van der Waals surface area contributed by atoms with Crippen LogP contribution in [-0.2, 0) is 23.8 Å². The lowest BCUT2D eigenvalue weighted by Gasteiger charge is -2.32. The van der Waals surface area contributed by atoms with Crippen LogP contribution < -0.4 is 5.32 Å². The lowest BCUT2D eigenvalue weighted by molar-refractivity contribution is -0.163. The van der Waals surface area contributed by atoms with Gasteiger partial charge in [0.2, 0.25) is 17.3 Å². The van der Waals surface area contributed by atoms with Crippen LogP contribution in [0.15, 0.2) is 53.8 Å². The molecular weight excluding hydrogens is 418 g/mol. The summed E-state index contributed by atoms with van der Waals surface area (Å²) in [5.74, 6) is -2.87. The van der Waals surface area contributed by atoms with Crippen molar-refractivity contribution >= 4 is 17.5 Å². The number of methoxy groups -OCH3 is 2. The molecule has 2 aliphatic heterocycles. The molecule has 3 rings (SSSR count). The van der Waals surface area contributed by atoms with Gasteiger partial charge < -0.3 is 29.7 Å². The Morgan fingerprint density at radius 2 is 1.94 bits per heavy atom. The number of hydrogen-bond donors (Lipinski definition) is 3. The average Bonchev–Trinajstić information content (AvgIpc) is 3.21. The molecule has 5 atom stereocenters. The first-order valence-corrected chi connectivity index (χ1v) is 10.2. The number of aliphatic hydroxyl groups excluding tert-OH is 2. The number of ether oxygens (including phenoxy) is 3. The van der Waals surface area contributed by atoms with Crippen LogP contribution in [0.25, 0.3) is 0 Å². The Kier molecular flexibility index (Phi) is 6.66. The molecule has 0 saturated carbocycles. The minimum Gasteiger partial charge on any atom is -0.467 e. The molecule has 2 heterocycles. The number of Topliss-reactive ketones (excluding diaryl/α,β-unsaturated/α-hetero) is 2. The number of amides is 1. The van der Waals surface area contributed by atoms with E-state index in [1.54, 1.807) is 30.4 Å². The highest BCUT2D eigenvalue weighted by Crippen LogP contribution is 2.44. The third-order valence-corrected chi connectivity index (χ3v) is 5.83. The summed E-state index contributed by atoms with van der Waals surface area (Å²) < 4.78 is 16.3. The number of hydrogen-bond acceptors (Lipinski definition) is 8. The number of ketones is 2. The standard InChI is InChI=1S/C23H27NO8/c1-5-6-12-15(30-3)16(25)17-13(2)18(26)22(32-17)20(28)23(31-4,24-21(22)29)19(27)14-10-8-7-9-11-14/h6-12,15-16,20,25,28H,5H2,1-4H3,(H,24,29)/b12-6+/t15-,16-,20+,22+,23+/m0/s1. The second kappa shape index (κ2) is 8.95. The summed E-state index contributed by atoms with van der Waals surface area (Å²) in [6.45, 7) is 3.27. The highest BCUT2D eigenvalue weighted by molar-refractivity contribution is 6.23. The molecule has 0 bridgehead atoms. The lowest BCUT2D eigenvalue weighted by atomic mass is 9.85. The summed E-state index contributed by atoms with van der Waals surface area (Å²) >= 11 is 0. The molecule has 1 spiro atoms. The normalized spacial score (nSPS) is 29.5. The Bertz CT molecular complexity index is 971. The van der Waals surface area contributed by atoms with Crippen LogP contribution in [0.3, 0.4) is 0 Å². The molecular formula is C23H27NO8. The molecule has 1 amide bonds. The van der Waals surface area contributed by atoms with Gasteiger partial charge in [-0.15, -0.1) is 0 Å². The van der Waals surface area contributed by atoms with E-state index in [1.807, 2.05) is 6.92 Å². The largest absolute Gasteiger partial charge is 0.467 e. The van der Waals surface area contributed by atoms with Crippen LogP contribution >= 0.6 is 0 Å². The van der Waals surface area contributed by atoms with E-state index in [2.05, 4.69) is 5.32 Å². The highest BCUT2D eigenvalue weighted by atomic mass is 16.6. The van der Waals surface area contributed by atoms with Gasteiger partial charge in [-0.3, -0.25) is 14.4 Å². The van der Waals surface area contributed by atoms with Crippen molar-refractivity contribution in [3.8, 4) is 0 Å². The molecule has 1 fully saturated rings. The molecule has 1 aromatic rings. The molecule has 2 aliphatic rings. The fraction of sp³-hybridized carbons (Fsp3) is 0.435. The van der Waals surface area contributed by atoms with Gasteiger partial charge in [0.25, 0.3) is 11.5 Å². The van der Waals surface area contributed by atoms with Crippen LogP contribution in [0, 0.1) is 0 Å². The van der Waals surface area contributed by atoms with Crippen molar-refractivity contribution in [2.45, 2.75) is 49.9 Å². The number of rotatable bonds is 8. The zero-order valence-electron chi connectivity index (χ0n) is 18.3. The predicted octanol–water partition coefficient (Wildman–Crippen LogP) is 0.657. The van der Waals surface area contributed by atoms with Crippen molar-refractivity contribution in [1.29, 1.82) is 0 Å². The molecule has 3 N–H and O–H groups in total. The van der Waals surface area contributed by atoms with Crippen LogP contribution in [0.5, 0.6) is 0 Å². The topological polar surface area (TPSA) is 131 Å². The van der Waals surface area contributed by atoms with Gasteiger partial charge in [0.1, 0.15) is 18.0 Å².